The summed E-state index contributed by atoms with van der Waals surface area (Å²) >= 11 is 6.54. The number of likely N-dealkylation sites (N-methyl/N-ethyl adjacent to an activating group) is 1. The van der Waals surface area contributed by atoms with Gasteiger partial charge in [-0.3, -0.25) is 4.90 Å². The third-order valence-electron chi connectivity index (χ3n) is 4.27. The quantitative estimate of drug-likeness (QED) is 0.451. The lowest BCUT2D eigenvalue weighted by Crippen LogP contribution is -2.50. The van der Waals surface area contributed by atoms with Crippen LogP contribution in [0.25, 0.3) is 0 Å². The summed E-state index contributed by atoms with van der Waals surface area (Å²) in [5, 5.41) is 7.76. The average Bonchev–Trinajstić information content (AvgIpc) is 3.15. The molecule has 1 aromatic carbocycles. The predicted molar refractivity (Wildman–Crippen MR) is 122 cm³/mol. The van der Waals surface area contributed by atoms with E-state index < -0.39 is 28.4 Å². The second-order valence-electron chi connectivity index (χ2n) is 6.55. The van der Waals surface area contributed by atoms with E-state index in [9.17, 15) is 22.4 Å². The normalized spacial score (nSPS) is 17.6. The number of carbonyl (C=O) groups excluding carboxylic acids is 2. The molecule has 4 N–H and O–H groups in total. The highest BCUT2D eigenvalue weighted by Crippen LogP contribution is 2.27. The van der Waals surface area contributed by atoms with Crippen LogP contribution in [0.15, 0.2) is 64.7 Å². The Balaban J connectivity index is 1.65. The van der Waals surface area contributed by atoms with Crippen molar-refractivity contribution in [2.75, 3.05) is 17.3 Å². The monoisotopic (exact) mass is 499 g/mol. The number of amides is 4. The molecule has 2 heterocycles. The van der Waals surface area contributed by atoms with Crippen LogP contribution in [0.4, 0.5) is 25.4 Å². The van der Waals surface area contributed by atoms with Crippen molar-refractivity contribution in [1.82, 2.24) is 15.4 Å². The fraction of sp³-hybridized carbons (Fsp3) is 0.158. The zero-order chi connectivity index (χ0) is 23.5. The van der Waals surface area contributed by atoms with Crippen LogP contribution in [-0.4, -0.2) is 33.8 Å². The molecule has 0 spiro atoms. The molecule has 0 saturated carbocycles. The minimum absolute atomic E-state index is 0.0561. The standard InChI is InChI=1S/C19H19ClFN5O4S2/c1-11(22-2)9-13-10-16(21)26(19(28)24-13)14-5-3-12(4-6-14)23-18(27)25-32(29,30)17-8-7-15(20)31-17/h3-9,16,22H,1,10H2,2H3,(H,24,28)(H2,23,25,27)/b13-9+. The van der Waals surface area contributed by atoms with Gasteiger partial charge in [-0.15, -0.1) is 11.3 Å². The number of anilines is 2. The second-order valence-corrected chi connectivity index (χ2v) is 10.2. The van der Waals surface area contributed by atoms with Crippen molar-refractivity contribution >= 4 is 56.4 Å². The Labute approximate surface area is 193 Å². The van der Waals surface area contributed by atoms with Crippen molar-refractivity contribution in [3.05, 3.63) is 64.8 Å². The van der Waals surface area contributed by atoms with Gasteiger partial charge < -0.3 is 16.0 Å². The van der Waals surface area contributed by atoms with E-state index in [0.29, 0.717) is 11.4 Å². The van der Waals surface area contributed by atoms with Gasteiger partial charge in [0.1, 0.15) is 4.21 Å². The Morgan fingerprint density at radius 2 is 2.00 bits per heavy atom. The van der Waals surface area contributed by atoms with Crippen LogP contribution in [0, 0.1) is 0 Å². The van der Waals surface area contributed by atoms with Gasteiger partial charge in [-0.2, -0.15) is 0 Å². The number of hydrogen-bond acceptors (Lipinski definition) is 6. The molecular formula is C19H19ClFN5O4S2. The number of thiophene rings is 1. The van der Waals surface area contributed by atoms with Gasteiger partial charge in [0, 0.05) is 36.2 Å². The third-order valence-corrected chi connectivity index (χ3v) is 7.32. The van der Waals surface area contributed by atoms with Crippen molar-refractivity contribution in [2.45, 2.75) is 16.9 Å². The lowest BCUT2D eigenvalue weighted by Gasteiger charge is -2.32. The Morgan fingerprint density at radius 1 is 1.31 bits per heavy atom. The Bertz CT molecular complexity index is 1180. The van der Waals surface area contributed by atoms with Gasteiger partial charge in [0.2, 0.25) is 0 Å². The Morgan fingerprint density at radius 3 is 2.56 bits per heavy atom. The van der Waals surface area contributed by atoms with Crippen LogP contribution in [0.5, 0.6) is 0 Å². The highest BCUT2D eigenvalue weighted by atomic mass is 35.5. The van der Waals surface area contributed by atoms with Crippen LogP contribution in [0.3, 0.4) is 0 Å². The molecule has 2 aromatic rings. The van der Waals surface area contributed by atoms with Crippen LogP contribution in [0.2, 0.25) is 4.34 Å². The summed E-state index contributed by atoms with van der Waals surface area (Å²) in [6.45, 7) is 3.71. The summed E-state index contributed by atoms with van der Waals surface area (Å²) in [6, 6.07) is 6.73. The molecule has 0 radical (unpaired) electrons. The molecule has 1 saturated heterocycles. The zero-order valence-corrected chi connectivity index (χ0v) is 19.1. The minimum atomic E-state index is -4.07. The van der Waals surface area contributed by atoms with Gasteiger partial charge in [0.05, 0.1) is 4.34 Å². The van der Waals surface area contributed by atoms with E-state index >= 15 is 0 Å². The SMILES string of the molecule is C=C(/C=C1\CC(F)N(c2ccc(NC(=O)NS(=O)(=O)c3ccc(Cl)s3)cc2)C(=O)N1)NC. The summed E-state index contributed by atoms with van der Waals surface area (Å²) in [4.78, 5) is 25.4. The summed E-state index contributed by atoms with van der Waals surface area (Å²) < 4.78 is 41.0. The number of allylic oxidation sites excluding steroid dienone is 1. The molecular weight excluding hydrogens is 481 g/mol. The van der Waals surface area contributed by atoms with E-state index in [1.807, 2.05) is 4.72 Å². The molecule has 13 heteroatoms. The van der Waals surface area contributed by atoms with Crippen molar-refractivity contribution in [1.29, 1.82) is 0 Å². The van der Waals surface area contributed by atoms with E-state index in [4.69, 9.17) is 11.6 Å². The first-order chi connectivity index (χ1) is 15.1. The van der Waals surface area contributed by atoms with Crippen molar-refractivity contribution in [3.63, 3.8) is 0 Å². The Hall–Kier alpha value is -3.09. The molecule has 1 unspecified atom stereocenters. The molecule has 1 aromatic heterocycles. The molecule has 0 aliphatic carbocycles. The average molecular weight is 500 g/mol. The highest BCUT2D eigenvalue weighted by molar-refractivity contribution is 7.92. The van der Waals surface area contributed by atoms with Crippen LogP contribution >= 0.6 is 22.9 Å². The molecule has 0 bridgehead atoms. The number of nitrogens with one attached hydrogen (secondary N) is 4. The van der Waals surface area contributed by atoms with Gasteiger partial charge in [0.25, 0.3) is 10.0 Å². The topological polar surface area (TPSA) is 120 Å². The minimum Gasteiger partial charge on any atom is -0.389 e. The van der Waals surface area contributed by atoms with E-state index in [1.54, 1.807) is 13.1 Å². The second kappa shape index (κ2) is 9.59. The molecule has 1 fully saturated rings. The van der Waals surface area contributed by atoms with Crippen molar-refractivity contribution < 1.29 is 22.4 Å². The fourth-order valence-electron chi connectivity index (χ4n) is 2.78. The molecule has 1 aliphatic rings. The first-order valence-electron chi connectivity index (χ1n) is 9.10. The number of hydrogen-bond donors (Lipinski definition) is 4. The number of benzene rings is 1. The van der Waals surface area contributed by atoms with Gasteiger partial charge in [-0.25, -0.2) is 27.1 Å². The van der Waals surface area contributed by atoms with Gasteiger partial charge >= 0.3 is 12.1 Å². The molecule has 32 heavy (non-hydrogen) atoms. The number of nitrogens with zero attached hydrogens (tertiary/aromatic N) is 1. The summed E-state index contributed by atoms with van der Waals surface area (Å²) in [7, 11) is -2.41. The molecule has 1 aliphatic heterocycles. The number of rotatable bonds is 6. The van der Waals surface area contributed by atoms with Crippen molar-refractivity contribution in [3.8, 4) is 0 Å². The lowest BCUT2D eigenvalue weighted by molar-refractivity contribution is 0.224. The molecule has 4 amide bonds. The van der Waals surface area contributed by atoms with E-state index in [0.717, 1.165) is 16.2 Å². The smallest absolute Gasteiger partial charge is 0.333 e. The van der Waals surface area contributed by atoms with Crippen LogP contribution in [-0.2, 0) is 10.0 Å². The van der Waals surface area contributed by atoms with Crippen LogP contribution in [0.1, 0.15) is 6.42 Å². The molecule has 3 rings (SSSR count). The largest absolute Gasteiger partial charge is 0.389 e. The Kier molecular flexibility index (Phi) is 7.06. The number of alkyl halides is 1. The summed E-state index contributed by atoms with van der Waals surface area (Å²) in [5.41, 5.74) is 1.41. The number of urea groups is 2. The van der Waals surface area contributed by atoms with Gasteiger partial charge in [-0.05, 0) is 42.5 Å². The van der Waals surface area contributed by atoms with E-state index in [2.05, 4.69) is 22.5 Å². The fourth-order valence-corrected chi connectivity index (χ4v) is 5.17. The number of carbonyl (C=O) groups is 2. The first-order valence-corrected chi connectivity index (χ1v) is 11.8. The lowest BCUT2D eigenvalue weighted by atomic mass is 10.1. The van der Waals surface area contributed by atoms with E-state index in [-0.39, 0.29) is 26.3 Å². The summed E-state index contributed by atoms with van der Waals surface area (Å²) in [6.07, 6.45) is -0.116. The number of sulfonamides is 1. The maximum atomic E-state index is 14.7. The third kappa shape index (κ3) is 5.58. The zero-order valence-electron chi connectivity index (χ0n) is 16.7. The predicted octanol–water partition coefficient (Wildman–Crippen LogP) is 3.74. The molecule has 9 nitrogen and oxygen atoms in total. The summed E-state index contributed by atoms with van der Waals surface area (Å²) in [5.74, 6) is 0. The molecule has 170 valence electrons. The number of halogens is 2. The maximum absolute atomic E-state index is 14.7. The van der Waals surface area contributed by atoms with Gasteiger partial charge in [-0.1, -0.05) is 18.2 Å². The first kappa shape index (κ1) is 23.6. The van der Waals surface area contributed by atoms with Gasteiger partial charge in [0.15, 0.2) is 6.30 Å². The molecule has 1 atom stereocenters. The maximum Gasteiger partial charge on any atom is 0.333 e. The van der Waals surface area contributed by atoms with Crippen molar-refractivity contribution in [2.24, 2.45) is 0 Å². The van der Waals surface area contributed by atoms with Crippen LogP contribution < -0.4 is 25.6 Å². The van der Waals surface area contributed by atoms with E-state index in [1.165, 1.54) is 36.4 Å². The highest BCUT2D eigenvalue weighted by Gasteiger charge is 2.31.